The Morgan fingerprint density at radius 3 is 2.38 bits per heavy atom. The Balaban J connectivity index is 1.78. The summed E-state index contributed by atoms with van der Waals surface area (Å²) in [6.07, 6.45) is 0. The predicted molar refractivity (Wildman–Crippen MR) is 70.8 cm³/mol. The first-order valence-corrected chi connectivity index (χ1v) is 6.81. The number of piperidine rings is 1. The zero-order valence-corrected chi connectivity index (χ0v) is 11.8. The summed E-state index contributed by atoms with van der Waals surface area (Å²) in [5.41, 5.74) is 5.52. The van der Waals surface area contributed by atoms with E-state index >= 15 is 0 Å². The van der Waals surface area contributed by atoms with E-state index in [9.17, 15) is 18.4 Å². The van der Waals surface area contributed by atoms with Crippen molar-refractivity contribution in [1.82, 2.24) is 4.90 Å². The van der Waals surface area contributed by atoms with E-state index in [4.69, 9.17) is 5.73 Å². The van der Waals surface area contributed by atoms with E-state index in [-0.39, 0.29) is 41.2 Å². The van der Waals surface area contributed by atoms with Crippen LogP contribution in [0.5, 0.6) is 0 Å². The Morgan fingerprint density at radius 2 is 1.81 bits per heavy atom. The van der Waals surface area contributed by atoms with Gasteiger partial charge in [0.25, 0.3) is 0 Å². The number of hydrogen-bond donors (Lipinski definition) is 1. The van der Waals surface area contributed by atoms with Crippen molar-refractivity contribution in [1.29, 1.82) is 0 Å². The largest absolute Gasteiger partial charge is 0.322 e. The van der Waals surface area contributed by atoms with Crippen molar-refractivity contribution in [2.45, 2.75) is 19.9 Å². The molecule has 0 bridgehead atoms. The number of likely N-dealkylation sites (tertiary alicyclic amines) is 1. The lowest BCUT2D eigenvalue weighted by Gasteiger charge is -2.24. The fourth-order valence-corrected chi connectivity index (χ4v) is 3.29. The molecule has 3 unspecified atom stereocenters. The van der Waals surface area contributed by atoms with Crippen LogP contribution in [-0.4, -0.2) is 23.3 Å². The minimum absolute atomic E-state index is 0.0320. The number of nitrogens with two attached hydrogens (primary N) is 1. The van der Waals surface area contributed by atoms with Crippen LogP contribution in [0.4, 0.5) is 8.78 Å². The number of nitrogens with zero attached hydrogens (tertiary/aromatic N) is 1. The zero-order chi connectivity index (χ0) is 15.5. The van der Waals surface area contributed by atoms with Gasteiger partial charge in [0.1, 0.15) is 0 Å². The van der Waals surface area contributed by atoms with Gasteiger partial charge in [0, 0.05) is 12.1 Å². The average Bonchev–Trinajstić information content (AvgIpc) is 2.89. The molecule has 1 aliphatic heterocycles. The van der Waals surface area contributed by atoms with Gasteiger partial charge in [-0.2, -0.15) is 0 Å². The molecule has 112 valence electrons. The van der Waals surface area contributed by atoms with E-state index in [2.05, 4.69) is 0 Å². The van der Waals surface area contributed by atoms with Crippen molar-refractivity contribution >= 4 is 11.8 Å². The number of fused-ring (bicyclic) bond motifs is 1. The van der Waals surface area contributed by atoms with Gasteiger partial charge in [-0.1, -0.05) is 26.0 Å². The van der Waals surface area contributed by atoms with Gasteiger partial charge in [0.2, 0.25) is 11.8 Å². The summed E-state index contributed by atoms with van der Waals surface area (Å²) >= 11 is 0. The fraction of sp³-hybridized carbons (Fsp3) is 0.467. The molecule has 1 heterocycles. The molecule has 1 saturated carbocycles. The number of halogens is 2. The molecule has 6 heteroatoms. The van der Waals surface area contributed by atoms with Crippen LogP contribution in [-0.2, 0) is 9.59 Å². The smallest absolute Gasteiger partial charge is 0.233 e. The molecule has 21 heavy (non-hydrogen) atoms. The summed E-state index contributed by atoms with van der Waals surface area (Å²) in [5.74, 6) is -3.14. The standard InChI is InChI=1S/C15H16F2N2O2/c1-15(2)10-11(15)14(21)19(13(10)20)6-9(18)7-4-3-5-8(16)12(7)17/h3-5,9-11H,6,18H2,1-2H3. The Bertz CT molecular complexity index is 621. The quantitative estimate of drug-likeness (QED) is 0.861. The average molecular weight is 294 g/mol. The summed E-state index contributed by atoms with van der Waals surface area (Å²) in [6, 6.07) is 2.77. The van der Waals surface area contributed by atoms with E-state index < -0.39 is 17.7 Å². The molecule has 1 aliphatic carbocycles. The third kappa shape index (κ3) is 1.89. The normalized spacial score (nSPS) is 27.8. The molecule has 3 atom stereocenters. The number of imide groups is 1. The van der Waals surface area contributed by atoms with E-state index in [1.54, 1.807) is 0 Å². The first-order valence-electron chi connectivity index (χ1n) is 6.81. The van der Waals surface area contributed by atoms with E-state index in [1.807, 2.05) is 13.8 Å². The summed E-state index contributed by atoms with van der Waals surface area (Å²) in [4.78, 5) is 25.4. The van der Waals surface area contributed by atoms with Gasteiger partial charge in [-0.15, -0.1) is 0 Å². The molecular weight excluding hydrogens is 278 g/mol. The van der Waals surface area contributed by atoms with Crippen molar-refractivity contribution in [2.24, 2.45) is 23.0 Å². The third-order valence-electron chi connectivity index (χ3n) is 4.65. The molecule has 3 rings (SSSR count). The van der Waals surface area contributed by atoms with Crippen LogP contribution < -0.4 is 5.73 Å². The molecule has 1 aromatic rings. The number of hydrogen-bond acceptors (Lipinski definition) is 3. The second kappa shape index (κ2) is 4.34. The molecule has 2 aliphatic rings. The van der Waals surface area contributed by atoms with Crippen LogP contribution in [0.1, 0.15) is 25.5 Å². The van der Waals surface area contributed by atoms with Crippen LogP contribution >= 0.6 is 0 Å². The fourth-order valence-electron chi connectivity index (χ4n) is 3.29. The van der Waals surface area contributed by atoms with Crippen molar-refractivity contribution in [3.05, 3.63) is 35.4 Å². The van der Waals surface area contributed by atoms with Gasteiger partial charge >= 0.3 is 0 Å². The van der Waals surface area contributed by atoms with Crippen molar-refractivity contribution in [3.8, 4) is 0 Å². The molecule has 0 radical (unpaired) electrons. The van der Waals surface area contributed by atoms with Crippen molar-refractivity contribution in [2.75, 3.05) is 6.54 Å². The Labute approximate surface area is 120 Å². The highest BCUT2D eigenvalue weighted by Crippen LogP contribution is 2.63. The van der Waals surface area contributed by atoms with Crippen LogP contribution in [0.3, 0.4) is 0 Å². The van der Waals surface area contributed by atoms with Gasteiger partial charge in [0.05, 0.1) is 17.9 Å². The highest BCUT2D eigenvalue weighted by Gasteiger charge is 2.72. The summed E-state index contributed by atoms with van der Waals surface area (Å²) in [5, 5.41) is 0. The molecule has 0 aromatic heterocycles. The Morgan fingerprint density at radius 1 is 1.24 bits per heavy atom. The molecule has 2 amide bonds. The number of rotatable bonds is 3. The van der Waals surface area contributed by atoms with Crippen LogP contribution in [0.25, 0.3) is 0 Å². The Kier molecular flexibility index (Phi) is 2.92. The van der Waals surface area contributed by atoms with Crippen LogP contribution in [0.2, 0.25) is 0 Å². The lowest BCUT2D eigenvalue weighted by Crippen LogP contribution is -2.41. The molecule has 4 nitrogen and oxygen atoms in total. The second-order valence-electron chi connectivity index (χ2n) is 6.31. The van der Waals surface area contributed by atoms with Gasteiger partial charge in [0.15, 0.2) is 11.6 Å². The monoisotopic (exact) mass is 294 g/mol. The van der Waals surface area contributed by atoms with Crippen molar-refractivity contribution in [3.63, 3.8) is 0 Å². The number of benzene rings is 1. The number of carbonyl (C=O) groups is 2. The molecule has 1 aromatic carbocycles. The molecule has 1 saturated heterocycles. The van der Waals surface area contributed by atoms with Gasteiger partial charge < -0.3 is 5.73 Å². The van der Waals surface area contributed by atoms with Gasteiger partial charge in [-0.3, -0.25) is 14.5 Å². The third-order valence-corrected chi connectivity index (χ3v) is 4.65. The van der Waals surface area contributed by atoms with Gasteiger partial charge in [-0.25, -0.2) is 8.78 Å². The zero-order valence-electron chi connectivity index (χ0n) is 11.8. The predicted octanol–water partition coefficient (Wildman–Crippen LogP) is 1.61. The van der Waals surface area contributed by atoms with Crippen molar-refractivity contribution < 1.29 is 18.4 Å². The lowest BCUT2D eigenvalue weighted by molar-refractivity contribution is -0.143. The summed E-state index contributed by atoms with van der Waals surface area (Å²) < 4.78 is 26.9. The maximum absolute atomic E-state index is 13.7. The highest BCUT2D eigenvalue weighted by molar-refractivity contribution is 6.10. The molecular formula is C15H16F2N2O2. The SMILES string of the molecule is CC1(C)C2C(=O)N(CC(N)c3cccc(F)c3F)C(=O)C21. The highest BCUT2D eigenvalue weighted by atomic mass is 19.2. The summed E-state index contributed by atoms with van der Waals surface area (Å²) in [7, 11) is 0. The minimum atomic E-state index is -1.03. The lowest BCUT2D eigenvalue weighted by atomic mass is 10.0. The van der Waals surface area contributed by atoms with Crippen LogP contribution in [0, 0.1) is 28.9 Å². The molecule has 0 spiro atoms. The van der Waals surface area contributed by atoms with E-state index in [1.165, 1.54) is 12.1 Å². The molecule has 2 fully saturated rings. The minimum Gasteiger partial charge on any atom is -0.322 e. The maximum Gasteiger partial charge on any atom is 0.233 e. The first-order chi connectivity index (χ1) is 9.76. The Hall–Kier alpha value is -1.82. The topological polar surface area (TPSA) is 63.4 Å². The maximum atomic E-state index is 13.7. The number of carbonyl (C=O) groups excluding carboxylic acids is 2. The second-order valence-corrected chi connectivity index (χ2v) is 6.31. The van der Waals surface area contributed by atoms with E-state index in [0.717, 1.165) is 11.0 Å². The van der Waals surface area contributed by atoms with E-state index in [0.29, 0.717) is 0 Å². The number of amides is 2. The van der Waals surface area contributed by atoms with Gasteiger partial charge in [-0.05, 0) is 11.5 Å². The summed E-state index contributed by atoms with van der Waals surface area (Å²) in [6.45, 7) is 3.63. The van der Waals surface area contributed by atoms with Crippen LogP contribution in [0.15, 0.2) is 18.2 Å². The first kappa shape index (κ1) is 14.1. The molecule has 2 N–H and O–H groups in total.